The van der Waals surface area contributed by atoms with E-state index in [4.69, 9.17) is 16.3 Å². The monoisotopic (exact) mass is 388 g/mol. The normalized spacial score (nSPS) is 18.8. The summed E-state index contributed by atoms with van der Waals surface area (Å²) in [5, 5.41) is 6.96. The summed E-state index contributed by atoms with van der Waals surface area (Å²) in [5.74, 6) is 1.61. The van der Waals surface area contributed by atoms with Crippen LogP contribution >= 0.6 is 11.6 Å². The maximum atomic E-state index is 11.7. The molecular formula is C16H25ClN4O3S. The highest BCUT2D eigenvalue weighted by atomic mass is 35.5. The van der Waals surface area contributed by atoms with Gasteiger partial charge in [0.15, 0.2) is 5.96 Å². The lowest BCUT2D eigenvalue weighted by molar-refractivity contribution is 0.224. The fraction of sp³-hybridized carbons (Fsp3) is 0.562. The van der Waals surface area contributed by atoms with Crippen molar-refractivity contribution in [2.24, 2.45) is 4.99 Å². The molecule has 7 nitrogen and oxygen atoms in total. The molecule has 0 aromatic heterocycles. The summed E-state index contributed by atoms with van der Waals surface area (Å²) in [7, 11) is -1.38. The van der Waals surface area contributed by atoms with E-state index in [0.29, 0.717) is 43.6 Å². The van der Waals surface area contributed by atoms with Gasteiger partial charge in [0.1, 0.15) is 11.9 Å². The molecule has 0 bridgehead atoms. The molecule has 1 fully saturated rings. The Balaban J connectivity index is 1.70. The minimum absolute atomic E-state index is 0.0707. The number of guanidine groups is 1. The second kappa shape index (κ2) is 9.26. The molecule has 25 heavy (non-hydrogen) atoms. The predicted octanol–water partition coefficient (Wildman–Crippen LogP) is 1.31. The average Bonchev–Trinajstić information content (AvgIpc) is 2.91. The summed E-state index contributed by atoms with van der Waals surface area (Å²) in [6, 6.07) is 7.21. The Morgan fingerprint density at radius 2 is 2.08 bits per heavy atom. The van der Waals surface area contributed by atoms with Gasteiger partial charge >= 0.3 is 0 Å². The Morgan fingerprint density at radius 3 is 2.68 bits per heavy atom. The van der Waals surface area contributed by atoms with Gasteiger partial charge in [0, 0.05) is 31.7 Å². The van der Waals surface area contributed by atoms with Gasteiger partial charge in [0.2, 0.25) is 10.0 Å². The number of hydrogen-bond donors (Lipinski definition) is 2. The van der Waals surface area contributed by atoms with Gasteiger partial charge in [-0.3, -0.25) is 4.99 Å². The molecule has 9 heteroatoms. The third-order valence-corrected chi connectivity index (χ3v) is 6.00. The standard InChI is InChI=1S/C16H25ClN4O3S/c1-13(24-15-6-4-14(17)5-7-15)12-20-16(18-2)19-8-10-21-9-3-11-25(21,22)23/h4-7,13H,3,8-12H2,1-2H3,(H2,18,19,20). The highest BCUT2D eigenvalue weighted by Gasteiger charge is 2.27. The Morgan fingerprint density at radius 1 is 1.36 bits per heavy atom. The maximum absolute atomic E-state index is 11.7. The first kappa shape index (κ1) is 19.8. The molecule has 0 amide bonds. The van der Waals surface area contributed by atoms with Crippen molar-refractivity contribution in [1.82, 2.24) is 14.9 Å². The molecular weight excluding hydrogens is 364 g/mol. The van der Waals surface area contributed by atoms with Gasteiger partial charge in [0.05, 0.1) is 12.3 Å². The lowest BCUT2D eigenvalue weighted by atomic mass is 10.3. The van der Waals surface area contributed by atoms with Crippen LogP contribution in [0.5, 0.6) is 5.75 Å². The lowest BCUT2D eigenvalue weighted by Gasteiger charge is -2.19. The highest BCUT2D eigenvalue weighted by molar-refractivity contribution is 7.89. The van der Waals surface area contributed by atoms with Crippen LogP contribution < -0.4 is 15.4 Å². The first-order valence-electron chi connectivity index (χ1n) is 8.25. The molecule has 1 heterocycles. The summed E-state index contributed by atoms with van der Waals surface area (Å²) in [6.45, 7) is 4.06. The summed E-state index contributed by atoms with van der Waals surface area (Å²) in [5.41, 5.74) is 0. The Kier molecular flexibility index (Phi) is 7.34. The van der Waals surface area contributed by atoms with Crippen molar-refractivity contribution >= 4 is 27.6 Å². The molecule has 1 aromatic rings. The number of halogens is 1. The smallest absolute Gasteiger partial charge is 0.214 e. The summed E-state index contributed by atoms with van der Waals surface area (Å²) < 4.78 is 30.8. The van der Waals surface area contributed by atoms with E-state index in [1.807, 2.05) is 19.1 Å². The fourth-order valence-corrected chi connectivity index (χ4v) is 4.14. The Labute approximate surface area is 154 Å². The molecule has 1 saturated heterocycles. The number of hydrogen-bond acceptors (Lipinski definition) is 4. The van der Waals surface area contributed by atoms with E-state index in [0.717, 1.165) is 5.75 Å². The van der Waals surface area contributed by atoms with Crippen LogP contribution in [-0.4, -0.2) is 63.8 Å². The third-order valence-electron chi connectivity index (χ3n) is 3.79. The lowest BCUT2D eigenvalue weighted by Crippen LogP contribution is -2.44. The van der Waals surface area contributed by atoms with Gasteiger partial charge in [-0.05, 0) is 37.6 Å². The summed E-state index contributed by atoms with van der Waals surface area (Å²) in [6.07, 6.45) is 0.633. The van der Waals surface area contributed by atoms with Crippen molar-refractivity contribution in [3.05, 3.63) is 29.3 Å². The second-order valence-corrected chi connectivity index (χ2v) is 8.36. The SMILES string of the molecule is CN=C(NCCN1CCCS1(=O)=O)NCC(C)Oc1ccc(Cl)cc1. The number of ether oxygens (including phenoxy) is 1. The van der Waals surface area contributed by atoms with Crippen LogP contribution in [0, 0.1) is 0 Å². The van der Waals surface area contributed by atoms with Crippen molar-refractivity contribution in [1.29, 1.82) is 0 Å². The second-order valence-electron chi connectivity index (χ2n) is 5.83. The van der Waals surface area contributed by atoms with Crippen LogP contribution in [0.15, 0.2) is 29.3 Å². The topological polar surface area (TPSA) is 83.0 Å². The van der Waals surface area contributed by atoms with E-state index in [9.17, 15) is 8.42 Å². The van der Waals surface area contributed by atoms with Crippen molar-refractivity contribution in [3.8, 4) is 5.75 Å². The molecule has 0 saturated carbocycles. The number of nitrogens with zero attached hydrogens (tertiary/aromatic N) is 2. The van der Waals surface area contributed by atoms with Crippen LogP contribution in [0.25, 0.3) is 0 Å². The minimum Gasteiger partial charge on any atom is -0.489 e. The van der Waals surface area contributed by atoms with Gasteiger partial charge < -0.3 is 15.4 Å². The van der Waals surface area contributed by atoms with Crippen LogP contribution in [0.4, 0.5) is 0 Å². The number of aliphatic imine (C=N–C) groups is 1. The molecule has 0 aliphatic carbocycles. The molecule has 1 aliphatic heterocycles. The van der Waals surface area contributed by atoms with Gasteiger partial charge in [0.25, 0.3) is 0 Å². The van der Waals surface area contributed by atoms with Crippen LogP contribution in [-0.2, 0) is 10.0 Å². The number of sulfonamides is 1. The number of benzene rings is 1. The van der Waals surface area contributed by atoms with Crippen molar-refractivity contribution in [2.75, 3.05) is 39.0 Å². The molecule has 0 radical (unpaired) electrons. The highest BCUT2D eigenvalue weighted by Crippen LogP contribution is 2.16. The molecule has 2 rings (SSSR count). The molecule has 1 aromatic carbocycles. The first-order valence-corrected chi connectivity index (χ1v) is 10.2. The van der Waals surface area contributed by atoms with E-state index in [2.05, 4.69) is 15.6 Å². The van der Waals surface area contributed by atoms with Crippen molar-refractivity contribution in [2.45, 2.75) is 19.4 Å². The van der Waals surface area contributed by atoms with E-state index >= 15 is 0 Å². The zero-order chi connectivity index (χ0) is 18.3. The van der Waals surface area contributed by atoms with Crippen LogP contribution in [0.3, 0.4) is 0 Å². The zero-order valence-electron chi connectivity index (χ0n) is 14.5. The zero-order valence-corrected chi connectivity index (χ0v) is 16.1. The van der Waals surface area contributed by atoms with Gasteiger partial charge in [-0.1, -0.05) is 11.6 Å². The summed E-state index contributed by atoms with van der Waals surface area (Å²) >= 11 is 5.85. The molecule has 1 atom stereocenters. The molecule has 2 N–H and O–H groups in total. The van der Waals surface area contributed by atoms with E-state index in [-0.39, 0.29) is 11.9 Å². The third kappa shape index (κ3) is 6.37. The molecule has 1 aliphatic rings. The largest absolute Gasteiger partial charge is 0.489 e. The van der Waals surface area contributed by atoms with Gasteiger partial charge in [-0.15, -0.1) is 0 Å². The van der Waals surface area contributed by atoms with Crippen molar-refractivity contribution in [3.63, 3.8) is 0 Å². The van der Waals surface area contributed by atoms with E-state index in [1.165, 1.54) is 4.31 Å². The quantitative estimate of drug-likeness (QED) is 0.543. The average molecular weight is 389 g/mol. The summed E-state index contributed by atoms with van der Waals surface area (Å²) in [4.78, 5) is 4.13. The van der Waals surface area contributed by atoms with E-state index < -0.39 is 10.0 Å². The Bertz CT molecular complexity index is 679. The van der Waals surface area contributed by atoms with Crippen LogP contribution in [0.2, 0.25) is 5.02 Å². The maximum Gasteiger partial charge on any atom is 0.214 e. The number of nitrogens with one attached hydrogen (secondary N) is 2. The molecule has 140 valence electrons. The minimum atomic E-state index is -3.05. The number of rotatable bonds is 7. The molecule has 0 spiro atoms. The fourth-order valence-electron chi connectivity index (χ4n) is 2.49. The molecule has 1 unspecified atom stereocenters. The van der Waals surface area contributed by atoms with E-state index in [1.54, 1.807) is 19.2 Å². The van der Waals surface area contributed by atoms with Gasteiger partial charge in [-0.25, -0.2) is 12.7 Å². The van der Waals surface area contributed by atoms with Crippen LogP contribution in [0.1, 0.15) is 13.3 Å². The Hall–Kier alpha value is -1.51. The first-order chi connectivity index (χ1) is 11.9. The predicted molar refractivity (Wildman–Crippen MR) is 101 cm³/mol. The van der Waals surface area contributed by atoms with Crippen molar-refractivity contribution < 1.29 is 13.2 Å². The van der Waals surface area contributed by atoms with Gasteiger partial charge in [-0.2, -0.15) is 0 Å².